The summed E-state index contributed by atoms with van der Waals surface area (Å²) in [6, 6.07) is 0. The lowest BCUT2D eigenvalue weighted by Crippen LogP contribution is -2.43. The number of nitrogens with zero attached hydrogens (tertiary/aromatic N) is 2. The Labute approximate surface area is 116 Å². The molecule has 0 aromatic carbocycles. The fraction of sp³-hybridized carbons (Fsp3) is 1.00. The third kappa shape index (κ3) is 7.51. The molecular formula is C12H28ClN3O2. The van der Waals surface area contributed by atoms with Crippen LogP contribution in [-0.2, 0) is 0 Å². The molecule has 0 amide bonds. The first kappa shape index (κ1) is 18.1. The number of aliphatic hydroxyl groups excluding tert-OH is 2. The van der Waals surface area contributed by atoms with E-state index in [1.54, 1.807) is 0 Å². The summed E-state index contributed by atoms with van der Waals surface area (Å²) in [5, 5.41) is 19.4. The highest BCUT2D eigenvalue weighted by Gasteiger charge is 2.16. The number of nitrogens with two attached hydrogens (primary N) is 1. The van der Waals surface area contributed by atoms with E-state index in [1.807, 2.05) is 11.9 Å². The lowest BCUT2D eigenvalue weighted by Gasteiger charge is -2.30. The summed E-state index contributed by atoms with van der Waals surface area (Å²) in [5.41, 5.74) is 5.35. The van der Waals surface area contributed by atoms with Crippen LogP contribution in [0, 0.1) is 0 Å². The third-order valence-corrected chi connectivity index (χ3v) is 3.23. The zero-order valence-electron chi connectivity index (χ0n) is 11.3. The second kappa shape index (κ2) is 9.95. The zero-order valence-corrected chi connectivity index (χ0v) is 12.1. The first-order chi connectivity index (χ1) is 8.11. The van der Waals surface area contributed by atoms with Gasteiger partial charge in [0, 0.05) is 26.2 Å². The number of likely N-dealkylation sites (tertiary alicyclic amines) is 1. The maximum absolute atomic E-state index is 9.96. The van der Waals surface area contributed by atoms with Crippen LogP contribution in [0.5, 0.6) is 0 Å². The molecule has 0 aromatic rings. The molecule has 0 aromatic heterocycles. The number of piperidine rings is 1. The van der Waals surface area contributed by atoms with Crippen LogP contribution in [0.15, 0.2) is 0 Å². The molecule has 2 atom stereocenters. The van der Waals surface area contributed by atoms with Crippen molar-refractivity contribution in [1.82, 2.24) is 9.80 Å². The molecule has 0 saturated carbocycles. The van der Waals surface area contributed by atoms with Gasteiger partial charge < -0.3 is 25.7 Å². The Kier molecular flexibility index (Phi) is 10.00. The van der Waals surface area contributed by atoms with Crippen molar-refractivity contribution in [2.24, 2.45) is 5.73 Å². The summed E-state index contributed by atoms with van der Waals surface area (Å²) in [5.74, 6) is 0. The normalized spacial score (nSPS) is 20.5. The highest BCUT2D eigenvalue weighted by atomic mass is 35.5. The van der Waals surface area contributed by atoms with Crippen LogP contribution in [-0.4, -0.2) is 78.5 Å². The smallest absolute Gasteiger partial charge is 0.0793 e. The fourth-order valence-electron chi connectivity index (χ4n) is 2.37. The van der Waals surface area contributed by atoms with E-state index >= 15 is 0 Å². The summed E-state index contributed by atoms with van der Waals surface area (Å²) in [6.45, 7) is 4.33. The largest absolute Gasteiger partial charge is 0.390 e. The maximum atomic E-state index is 9.96. The monoisotopic (exact) mass is 281 g/mol. The Morgan fingerprint density at radius 3 is 2.22 bits per heavy atom. The van der Waals surface area contributed by atoms with Gasteiger partial charge in [0.25, 0.3) is 0 Å². The average Bonchev–Trinajstić information content (AvgIpc) is 2.29. The van der Waals surface area contributed by atoms with Gasteiger partial charge in [0.1, 0.15) is 0 Å². The Morgan fingerprint density at radius 1 is 1.11 bits per heavy atom. The molecule has 5 nitrogen and oxygen atoms in total. The van der Waals surface area contributed by atoms with Gasteiger partial charge >= 0.3 is 0 Å². The molecule has 0 bridgehead atoms. The van der Waals surface area contributed by atoms with Gasteiger partial charge in [-0.15, -0.1) is 12.4 Å². The summed E-state index contributed by atoms with van der Waals surface area (Å²) < 4.78 is 0. The van der Waals surface area contributed by atoms with E-state index in [9.17, 15) is 10.2 Å². The van der Waals surface area contributed by atoms with Gasteiger partial charge in [0.05, 0.1) is 12.2 Å². The van der Waals surface area contributed by atoms with Gasteiger partial charge in [-0.2, -0.15) is 0 Å². The van der Waals surface area contributed by atoms with Crippen LogP contribution in [0.3, 0.4) is 0 Å². The van der Waals surface area contributed by atoms with Gasteiger partial charge in [-0.25, -0.2) is 0 Å². The first-order valence-corrected chi connectivity index (χ1v) is 6.59. The molecule has 0 spiro atoms. The van der Waals surface area contributed by atoms with Crippen molar-refractivity contribution in [1.29, 1.82) is 0 Å². The number of halogens is 1. The molecule has 2 unspecified atom stereocenters. The van der Waals surface area contributed by atoms with Gasteiger partial charge in [0.15, 0.2) is 0 Å². The molecule has 110 valence electrons. The van der Waals surface area contributed by atoms with Crippen LogP contribution in [0.4, 0.5) is 0 Å². The molecule has 6 heteroatoms. The predicted molar refractivity (Wildman–Crippen MR) is 76.1 cm³/mol. The summed E-state index contributed by atoms with van der Waals surface area (Å²) >= 11 is 0. The van der Waals surface area contributed by atoms with Crippen LogP contribution in [0.25, 0.3) is 0 Å². The van der Waals surface area contributed by atoms with E-state index in [2.05, 4.69) is 4.90 Å². The van der Waals surface area contributed by atoms with Crippen molar-refractivity contribution in [3.05, 3.63) is 0 Å². The van der Waals surface area contributed by atoms with Crippen LogP contribution in [0.1, 0.15) is 19.3 Å². The number of hydrogen-bond donors (Lipinski definition) is 3. The molecule has 1 aliphatic rings. The van der Waals surface area contributed by atoms with E-state index in [4.69, 9.17) is 5.73 Å². The molecule has 4 N–H and O–H groups in total. The topological polar surface area (TPSA) is 73.0 Å². The second-order valence-electron chi connectivity index (χ2n) is 5.13. The molecule has 18 heavy (non-hydrogen) atoms. The van der Waals surface area contributed by atoms with Crippen LogP contribution < -0.4 is 5.73 Å². The molecule has 1 aliphatic heterocycles. The number of aliphatic hydroxyl groups is 2. The lowest BCUT2D eigenvalue weighted by atomic mass is 10.1. The maximum Gasteiger partial charge on any atom is 0.0793 e. The molecule has 1 rings (SSSR count). The molecule has 1 fully saturated rings. The standard InChI is InChI=1S/C12H27N3O2.ClH/c1-14(8-11(16)7-13)9-12(17)10-15-5-3-2-4-6-15;/h11-12,16-17H,2-10,13H2,1H3;1H. The Balaban J connectivity index is 0.00000289. The lowest BCUT2D eigenvalue weighted by molar-refractivity contribution is 0.0576. The van der Waals surface area contributed by atoms with Crippen molar-refractivity contribution >= 4 is 12.4 Å². The van der Waals surface area contributed by atoms with Crippen molar-refractivity contribution in [2.45, 2.75) is 31.5 Å². The Bertz CT molecular complexity index is 204. The van der Waals surface area contributed by atoms with Crippen LogP contribution in [0.2, 0.25) is 0 Å². The van der Waals surface area contributed by atoms with E-state index in [0.717, 1.165) is 19.6 Å². The van der Waals surface area contributed by atoms with E-state index in [-0.39, 0.29) is 25.1 Å². The average molecular weight is 282 g/mol. The van der Waals surface area contributed by atoms with E-state index < -0.39 is 6.10 Å². The SMILES string of the molecule is CN(CC(O)CN)CC(O)CN1CCCCC1.Cl. The number of rotatable bonds is 7. The molecule has 0 aliphatic carbocycles. The van der Waals surface area contributed by atoms with Crippen molar-refractivity contribution in [2.75, 3.05) is 46.3 Å². The molecular weight excluding hydrogens is 254 g/mol. The number of likely N-dealkylation sites (N-methyl/N-ethyl adjacent to an activating group) is 1. The highest BCUT2D eigenvalue weighted by Crippen LogP contribution is 2.09. The minimum absolute atomic E-state index is 0. The van der Waals surface area contributed by atoms with E-state index in [0.29, 0.717) is 13.1 Å². The zero-order chi connectivity index (χ0) is 12.7. The van der Waals surface area contributed by atoms with E-state index in [1.165, 1.54) is 19.3 Å². The summed E-state index contributed by atoms with van der Waals surface area (Å²) in [6.07, 6.45) is 2.96. The van der Waals surface area contributed by atoms with Crippen molar-refractivity contribution in [3.63, 3.8) is 0 Å². The number of hydrogen-bond acceptors (Lipinski definition) is 5. The molecule has 1 heterocycles. The second-order valence-corrected chi connectivity index (χ2v) is 5.13. The van der Waals surface area contributed by atoms with Gasteiger partial charge in [-0.3, -0.25) is 0 Å². The minimum atomic E-state index is -0.498. The first-order valence-electron chi connectivity index (χ1n) is 6.59. The minimum Gasteiger partial charge on any atom is -0.390 e. The van der Waals surface area contributed by atoms with Crippen molar-refractivity contribution < 1.29 is 10.2 Å². The van der Waals surface area contributed by atoms with Gasteiger partial charge in [-0.05, 0) is 33.0 Å². The van der Waals surface area contributed by atoms with Crippen molar-refractivity contribution in [3.8, 4) is 0 Å². The predicted octanol–water partition coefficient (Wildman–Crippen LogP) is -0.494. The summed E-state index contributed by atoms with van der Waals surface area (Å²) in [4.78, 5) is 4.26. The van der Waals surface area contributed by atoms with Gasteiger partial charge in [-0.1, -0.05) is 6.42 Å². The molecule has 1 saturated heterocycles. The Morgan fingerprint density at radius 2 is 1.67 bits per heavy atom. The highest BCUT2D eigenvalue weighted by molar-refractivity contribution is 5.85. The number of β-amino-alcohol motifs (C(OH)–C–C–N with tert-alkyl or cyclic N) is 1. The molecule has 0 radical (unpaired) electrons. The van der Waals surface area contributed by atoms with Crippen LogP contribution >= 0.6 is 12.4 Å². The quantitative estimate of drug-likeness (QED) is 0.587. The fourth-order valence-corrected chi connectivity index (χ4v) is 2.37. The van der Waals surface area contributed by atoms with Gasteiger partial charge in [0.2, 0.25) is 0 Å². The summed E-state index contributed by atoms with van der Waals surface area (Å²) in [7, 11) is 1.90. The third-order valence-electron chi connectivity index (χ3n) is 3.23. The Hall–Kier alpha value is 0.0900.